The molecule has 2 aliphatic heterocycles. The van der Waals surface area contributed by atoms with Crippen LogP contribution in [0.1, 0.15) is 6.92 Å². The van der Waals surface area contributed by atoms with Gasteiger partial charge in [-0.15, -0.1) is 0 Å². The first-order valence-corrected chi connectivity index (χ1v) is 3.83. The molecule has 1 unspecified atom stereocenters. The second-order valence-corrected chi connectivity index (χ2v) is 3.22. The zero-order valence-corrected chi connectivity index (χ0v) is 6.30. The van der Waals surface area contributed by atoms with Crippen LogP contribution in [-0.2, 0) is 9.47 Å². The minimum absolute atomic E-state index is 0.135. The van der Waals surface area contributed by atoms with E-state index in [0.29, 0.717) is 6.61 Å². The molecule has 2 heterocycles. The maximum Gasteiger partial charge on any atom is 0.163 e. The van der Waals surface area contributed by atoms with Crippen molar-refractivity contribution in [3.8, 4) is 0 Å². The molecule has 4 heteroatoms. The molecular formula is C7H12O4. The van der Waals surface area contributed by atoms with Crippen LogP contribution in [0, 0.1) is 5.92 Å². The van der Waals surface area contributed by atoms with Gasteiger partial charge in [0.15, 0.2) is 6.29 Å². The van der Waals surface area contributed by atoms with Crippen LogP contribution < -0.4 is 0 Å². The summed E-state index contributed by atoms with van der Waals surface area (Å²) in [6, 6.07) is 0. The third-order valence-corrected chi connectivity index (χ3v) is 2.43. The Hall–Kier alpha value is -0.160. The van der Waals surface area contributed by atoms with Crippen LogP contribution >= 0.6 is 0 Å². The summed E-state index contributed by atoms with van der Waals surface area (Å²) in [6.07, 6.45) is -2.14. The molecular weight excluding hydrogens is 148 g/mol. The molecule has 2 aliphatic rings. The lowest BCUT2D eigenvalue weighted by atomic mass is 9.94. The molecule has 11 heavy (non-hydrogen) atoms. The van der Waals surface area contributed by atoms with Gasteiger partial charge in [-0.3, -0.25) is 0 Å². The molecule has 0 amide bonds. The lowest BCUT2D eigenvalue weighted by Gasteiger charge is -2.33. The highest BCUT2D eigenvalue weighted by molar-refractivity contribution is 4.90. The van der Waals surface area contributed by atoms with E-state index in [2.05, 4.69) is 0 Å². The molecule has 0 aromatic rings. The predicted molar refractivity (Wildman–Crippen MR) is 35.8 cm³/mol. The summed E-state index contributed by atoms with van der Waals surface area (Å²) in [5.74, 6) is -0.135. The van der Waals surface area contributed by atoms with Gasteiger partial charge in [0.25, 0.3) is 0 Å². The Morgan fingerprint density at radius 1 is 1.27 bits per heavy atom. The van der Waals surface area contributed by atoms with Crippen molar-refractivity contribution in [3.05, 3.63) is 0 Å². The number of aliphatic hydroxyl groups is 2. The monoisotopic (exact) mass is 160 g/mol. The Morgan fingerprint density at radius 2 is 2.00 bits per heavy atom. The van der Waals surface area contributed by atoms with Crippen LogP contribution in [0.15, 0.2) is 0 Å². The van der Waals surface area contributed by atoms with Crippen LogP contribution in [0.25, 0.3) is 0 Å². The molecule has 0 radical (unpaired) electrons. The smallest absolute Gasteiger partial charge is 0.163 e. The highest BCUT2D eigenvalue weighted by atomic mass is 16.7. The van der Waals surface area contributed by atoms with Crippen LogP contribution in [0.3, 0.4) is 0 Å². The quantitative estimate of drug-likeness (QED) is 0.482. The summed E-state index contributed by atoms with van der Waals surface area (Å²) < 4.78 is 10.4. The summed E-state index contributed by atoms with van der Waals surface area (Å²) in [6.45, 7) is 2.20. The van der Waals surface area contributed by atoms with Gasteiger partial charge < -0.3 is 19.7 Å². The first-order valence-electron chi connectivity index (χ1n) is 3.83. The van der Waals surface area contributed by atoms with Crippen molar-refractivity contribution >= 4 is 0 Å². The Kier molecular flexibility index (Phi) is 1.64. The van der Waals surface area contributed by atoms with Gasteiger partial charge in [-0.2, -0.15) is 0 Å². The van der Waals surface area contributed by atoms with E-state index in [1.165, 1.54) is 0 Å². The second kappa shape index (κ2) is 2.42. The van der Waals surface area contributed by atoms with Gasteiger partial charge in [-0.1, -0.05) is 6.92 Å². The van der Waals surface area contributed by atoms with Crippen molar-refractivity contribution in [1.82, 2.24) is 0 Å². The molecule has 0 spiro atoms. The Labute approximate surface area is 64.7 Å². The minimum atomic E-state index is -0.788. The van der Waals surface area contributed by atoms with Crippen molar-refractivity contribution in [2.24, 2.45) is 5.92 Å². The lowest BCUT2D eigenvalue weighted by Crippen LogP contribution is -2.49. The molecule has 0 aromatic carbocycles. The third-order valence-electron chi connectivity index (χ3n) is 2.43. The van der Waals surface area contributed by atoms with Gasteiger partial charge in [0.1, 0.15) is 12.2 Å². The molecule has 2 N–H and O–H groups in total. The van der Waals surface area contributed by atoms with E-state index in [1.807, 2.05) is 0 Å². The van der Waals surface area contributed by atoms with E-state index in [0.717, 1.165) is 0 Å². The fourth-order valence-electron chi connectivity index (χ4n) is 1.59. The fourth-order valence-corrected chi connectivity index (χ4v) is 1.59. The Bertz CT molecular complexity index is 141. The first kappa shape index (κ1) is 7.49. The standard InChI is InChI=1S/C7H12O4/c1-3-5(8)6(9)4-2-10-7(3)11-4/h3-9H,2H2,1H3/t3-,4-,5-,6-,7?/m1/s1. The van der Waals surface area contributed by atoms with E-state index in [4.69, 9.17) is 9.47 Å². The minimum Gasteiger partial charge on any atom is -0.390 e. The van der Waals surface area contributed by atoms with E-state index < -0.39 is 12.2 Å². The topological polar surface area (TPSA) is 58.9 Å². The Balaban J connectivity index is 2.16. The molecule has 4 nitrogen and oxygen atoms in total. The summed E-state index contributed by atoms with van der Waals surface area (Å²) in [7, 11) is 0. The van der Waals surface area contributed by atoms with Crippen molar-refractivity contribution < 1.29 is 19.7 Å². The van der Waals surface area contributed by atoms with Crippen LogP contribution in [-0.4, -0.2) is 41.4 Å². The highest BCUT2D eigenvalue weighted by Crippen LogP contribution is 2.31. The number of hydrogen-bond donors (Lipinski definition) is 2. The average molecular weight is 160 g/mol. The Morgan fingerprint density at radius 3 is 2.73 bits per heavy atom. The van der Waals surface area contributed by atoms with Gasteiger partial charge in [-0.05, 0) is 0 Å². The summed E-state index contributed by atoms with van der Waals surface area (Å²) >= 11 is 0. The largest absolute Gasteiger partial charge is 0.390 e. The first-order chi connectivity index (χ1) is 5.20. The summed E-state index contributed by atoms with van der Waals surface area (Å²) in [5, 5.41) is 18.8. The normalized spacial score (nSPS) is 56.5. The van der Waals surface area contributed by atoms with E-state index in [9.17, 15) is 10.2 Å². The van der Waals surface area contributed by atoms with Gasteiger partial charge in [0, 0.05) is 5.92 Å². The number of ether oxygens (including phenoxy) is 2. The van der Waals surface area contributed by atoms with Crippen LogP contribution in [0.5, 0.6) is 0 Å². The lowest BCUT2D eigenvalue weighted by molar-refractivity contribution is -0.198. The number of fused-ring (bicyclic) bond motifs is 2. The number of aliphatic hydroxyl groups excluding tert-OH is 2. The third kappa shape index (κ3) is 0.980. The van der Waals surface area contributed by atoms with Crippen molar-refractivity contribution in [3.63, 3.8) is 0 Å². The highest BCUT2D eigenvalue weighted by Gasteiger charge is 2.47. The zero-order valence-electron chi connectivity index (χ0n) is 6.30. The zero-order chi connectivity index (χ0) is 8.01. The number of rotatable bonds is 0. The van der Waals surface area contributed by atoms with Gasteiger partial charge in [0.05, 0.1) is 12.7 Å². The molecule has 2 fully saturated rings. The van der Waals surface area contributed by atoms with E-state index in [1.54, 1.807) is 6.92 Å². The molecule has 2 bridgehead atoms. The van der Waals surface area contributed by atoms with Crippen LogP contribution in [0.4, 0.5) is 0 Å². The SMILES string of the molecule is C[C@H]1C2OC[C@@H](O2)[C@@H](O)[C@@H]1O. The second-order valence-electron chi connectivity index (χ2n) is 3.22. The van der Waals surface area contributed by atoms with Crippen molar-refractivity contribution in [2.45, 2.75) is 31.5 Å². The maximum absolute atomic E-state index is 9.42. The maximum atomic E-state index is 9.42. The van der Waals surface area contributed by atoms with Gasteiger partial charge in [-0.25, -0.2) is 0 Å². The summed E-state index contributed by atoms with van der Waals surface area (Å²) in [4.78, 5) is 0. The van der Waals surface area contributed by atoms with Crippen molar-refractivity contribution in [2.75, 3.05) is 6.61 Å². The number of hydrogen-bond acceptors (Lipinski definition) is 4. The molecule has 2 saturated heterocycles. The van der Waals surface area contributed by atoms with Crippen molar-refractivity contribution in [1.29, 1.82) is 0 Å². The predicted octanol–water partition coefficient (Wildman–Crippen LogP) is -0.901. The van der Waals surface area contributed by atoms with E-state index in [-0.39, 0.29) is 18.3 Å². The average Bonchev–Trinajstić information content (AvgIpc) is 2.44. The molecule has 5 atom stereocenters. The molecule has 64 valence electrons. The fraction of sp³-hybridized carbons (Fsp3) is 1.00. The van der Waals surface area contributed by atoms with Crippen LogP contribution in [0.2, 0.25) is 0 Å². The molecule has 0 aliphatic carbocycles. The van der Waals surface area contributed by atoms with Gasteiger partial charge in [0.2, 0.25) is 0 Å². The summed E-state index contributed by atoms with van der Waals surface area (Å²) in [5.41, 5.74) is 0. The molecule has 0 aromatic heterocycles. The molecule has 2 rings (SSSR count). The van der Waals surface area contributed by atoms with E-state index >= 15 is 0 Å². The van der Waals surface area contributed by atoms with Gasteiger partial charge >= 0.3 is 0 Å². The molecule has 0 saturated carbocycles.